The van der Waals surface area contributed by atoms with Crippen LogP contribution in [0, 0.1) is 45.3 Å². The minimum atomic E-state index is 0.533. The standard InChI is InChI=1S/2C13H26/c1-12(2,3)8-10-7-11(10)9-13(4,5)6;1-12(2,3)8-7-10-9-11(10)13(4,5)6/h2*10-11H,7-9H2,1-6H3. The van der Waals surface area contributed by atoms with Crippen LogP contribution in [0.1, 0.15) is 122 Å². The Bertz CT molecular complexity index is 395. The second kappa shape index (κ2) is 8.16. The minimum absolute atomic E-state index is 0.533. The van der Waals surface area contributed by atoms with Crippen molar-refractivity contribution in [2.24, 2.45) is 45.3 Å². The quantitative estimate of drug-likeness (QED) is 0.467. The highest BCUT2D eigenvalue weighted by atomic mass is 14.5. The van der Waals surface area contributed by atoms with Gasteiger partial charge in [-0.1, -0.05) is 83.1 Å². The summed E-state index contributed by atoms with van der Waals surface area (Å²) in [5.74, 6) is 4.13. The highest BCUT2D eigenvalue weighted by Gasteiger charge is 2.44. The van der Waals surface area contributed by atoms with E-state index in [2.05, 4.69) is 83.1 Å². The second-order valence-electron chi connectivity index (χ2n) is 14.4. The van der Waals surface area contributed by atoms with E-state index in [-0.39, 0.29) is 0 Å². The molecule has 0 saturated heterocycles. The van der Waals surface area contributed by atoms with Gasteiger partial charge in [0.1, 0.15) is 0 Å². The summed E-state index contributed by atoms with van der Waals surface area (Å²) in [6, 6.07) is 0. The van der Waals surface area contributed by atoms with Crippen molar-refractivity contribution in [2.75, 3.05) is 0 Å². The van der Waals surface area contributed by atoms with Gasteiger partial charge in [-0.15, -0.1) is 0 Å². The van der Waals surface area contributed by atoms with Crippen molar-refractivity contribution < 1.29 is 0 Å². The van der Waals surface area contributed by atoms with Gasteiger partial charge in [-0.25, -0.2) is 0 Å². The summed E-state index contributed by atoms with van der Waals surface area (Å²) in [5, 5.41) is 0. The van der Waals surface area contributed by atoms with Crippen LogP contribution in [0.15, 0.2) is 0 Å². The molecular formula is C26H52. The molecule has 2 saturated carbocycles. The van der Waals surface area contributed by atoms with Crippen molar-refractivity contribution in [3.8, 4) is 0 Å². The Morgan fingerprint density at radius 1 is 0.538 bits per heavy atom. The topological polar surface area (TPSA) is 0 Å². The lowest BCUT2D eigenvalue weighted by molar-refractivity contribution is 0.300. The van der Waals surface area contributed by atoms with Gasteiger partial charge in [0, 0.05) is 0 Å². The zero-order valence-electron chi connectivity index (χ0n) is 20.6. The molecule has 0 heteroatoms. The second-order valence-corrected chi connectivity index (χ2v) is 14.4. The third kappa shape index (κ3) is 11.0. The van der Waals surface area contributed by atoms with Gasteiger partial charge in [0.15, 0.2) is 0 Å². The Kier molecular flexibility index (Phi) is 7.55. The van der Waals surface area contributed by atoms with Gasteiger partial charge < -0.3 is 0 Å². The molecule has 4 unspecified atom stereocenters. The molecule has 2 aliphatic carbocycles. The normalized spacial score (nSPS) is 29.1. The summed E-state index contributed by atoms with van der Waals surface area (Å²) in [6.45, 7) is 28.4. The van der Waals surface area contributed by atoms with Gasteiger partial charge in [0.2, 0.25) is 0 Å². The monoisotopic (exact) mass is 364 g/mol. The fourth-order valence-corrected chi connectivity index (χ4v) is 4.63. The summed E-state index contributed by atoms with van der Waals surface area (Å²) in [6.07, 6.45) is 8.67. The maximum absolute atomic E-state index is 2.38. The molecule has 4 atom stereocenters. The van der Waals surface area contributed by atoms with Crippen LogP contribution < -0.4 is 0 Å². The zero-order chi connectivity index (χ0) is 20.6. The average molecular weight is 365 g/mol. The highest BCUT2D eigenvalue weighted by molar-refractivity contribution is 4.94. The van der Waals surface area contributed by atoms with Crippen LogP contribution >= 0.6 is 0 Å². The summed E-state index contributed by atoms with van der Waals surface area (Å²) in [4.78, 5) is 0. The summed E-state index contributed by atoms with van der Waals surface area (Å²) in [7, 11) is 0. The minimum Gasteiger partial charge on any atom is -0.0602 e. The smallest absolute Gasteiger partial charge is 0.0334 e. The van der Waals surface area contributed by atoms with E-state index in [4.69, 9.17) is 0 Å². The van der Waals surface area contributed by atoms with Crippen LogP contribution in [0.4, 0.5) is 0 Å². The van der Waals surface area contributed by atoms with Crippen LogP contribution in [-0.2, 0) is 0 Å². The Morgan fingerprint density at radius 3 is 1.23 bits per heavy atom. The molecule has 0 nitrogen and oxygen atoms in total. The molecule has 0 aromatic heterocycles. The van der Waals surface area contributed by atoms with Gasteiger partial charge in [0.05, 0.1) is 0 Å². The van der Waals surface area contributed by atoms with Crippen LogP contribution in [0.5, 0.6) is 0 Å². The first-order chi connectivity index (χ1) is 11.4. The molecule has 0 aromatic carbocycles. The van der Waals surface area contributed by atoms with E-state index >= 15 is 0 Å². The fourth-order valence-electron chi connectivity index (χ4n) is 4.63. The lowest BCUT2D eigenvalue weighted by Crippen LogP contribution is -2.11. The van der Waals surface area contributed by atoms with E-state index in [1.54, 1.807) is 0 Å². The molecule has 0 radical (unpaired) electrons. The maximum Gasteiger partial charge on any atom is -0.0334 e. The Hall–Kier alpha value is 0. The summed E-state index contributed by atoms with van der Waals surface area (Å²) in [5.41, 5.74) is 2.17. The SMILES string of the molecule is CC(C)(C)CC1CC1CC(C)(C)C.CC(C)(C)CCC1CC1C(C)(C)C. The molecule has 0 aromatic rings. The highest BCUT2D eigenvalue weighted by Crippen LogP contribution is 2.53. The zero-order valence-corrected chi connectivity index (χ0v) is 20.6. The predicted molar refractivity (Wildman–Crippen MR) is 119 cm³/mol. The first-order valence-electron chi connectivity index (χ1n) is 11.4. The Balaban J connectivity index is 0.000000260. The molecule has 0 amide bonds. The van der Waals surface area contributed by atoms with Crippen molar-refractivity contribution in [1.29, 1.82) is 0 Å². The van der Waals surface area contributed by atoms with Gasteiger partial charge in [-0.05, 0) is 83.9 Å². The third-order valence-electron chi connectivity index (χ3n) is 6.12. The molecule has 156 valence electrons. The Morgan fingerprint density at radius 2 is 0.962 bits per heavy atom. The third-order valence-corrected chi connectivity index (χ3v) is 6.12. The lowest BCUT2D eigenvalue weighted by atomic mass is 9.85. The molecule has 2 rings (SSSR count). The predicted octanol–water partition coefficient (Wildman–Crippen LogP) is 8.99. The lowest BCUT2D eigenvalue weighted by Gasteiger charge is -2.20. The number of hydrogen-bond acceptors (Lipinski definition) is 0. The van der Waals surface area contributed by atoms with E-state index in [0.717, 1.165) is 23.7 Å². The molecule has 0 heterocycles. The number of hydrogen-bond donors (Lipinski definition) is 0. The fraction of sp³-hybridized carbons (Fsp3) is 1.00. The molecular weight excluding hydrogens is 312 g/mol. The van der Waals surface area contributed by atoms with Crippen molar-refractivity contribution in [1.82, 2.24) is 0 Å². The number of rotatable bonds is 4. The van der Waals surface area contributed by atoms with Crippen molar-refractivity contribution in [2.45, 2.75) is 122 Å². The van der Waals surface area contributed by atoms with E-state index < -0.39 is 0 Å². The van der Waals surface area contributed by atoms with Crippen LogP contribution in [-0.4, -0.2) is 0 Å². The van der Waals surface area contributed by atoms with Gasteiger partial charge >= 0.3 is 0 Å². The van der Waals surface area contributed by atoms with Gasteiger partial charge in [-0.3, -0.25) is 0 Å². The molecule has 2 fully saturated rings. The van der Waals surface area contributed by atoms with E-state index in [0.29, 0.717) is 21.7 Å². The largest absolute Gasteiger partial charge is 0.0602 e. The van der Waals surface area contributed by atoms with Crippen molar-refractivity contribution >= 4 is 0 Å². The van der Waals surface area contributed by atoms with Crippen molar-refractivity contribution in [3.05, 3.63) is 0 Å². The van der Waals surface area contributed by atoms with Crippen LogP contribution in [0.25, 0.3) is 0 Å². The molecule has 0 N–H and O–H groups in total. The first-order valence-corrected chi connectivity index (χ1v) is 11.4. The molecule has 0 bridgehead atoms. The summed E-state index contributed by atoms with van der Waals surface area (Å²) < 4.78 is 0. The van der Waals surface area contributed by atoms with Gasteiger partial charge in [0.25, 0.3) is 0 Å². The van der Waals surface area contributed by atoms with Crippen LogP contribution in [0.3, 0.4) is 0 Å². The maximum atomic E-state index is 2.38. The van der Waals surface area contributed by atoms with E-state index in [9.17, 15) is 0 Å². The van der Waals surface area contributed by atoms with E-state index in [1.165, 1.54) is 38.5 Å². The first kappa shape index (κ1) is 24.0. The van der Waals surface area contributed by atoms with Gasteiger partial charge in [-0.2, -0.15) is 0 Å². The van der Waals surface area contributed by atoms with Crippen molar-refractivity contribution in [3.63, 3.8) is 0 Å². The summed E-state index contributed by atoms with van der Waals surface area (Å²) >= 11 is 0. The van der Waals surface area contributed by atoms with Crippen LogP contribution in [0.2, 0.25) is 0 Å². The molecule has 0 aliphatic heterocycles. The average Bonchev–Trinajstić information content (AvgIpc) is 3.19. The molecule has 0 spiro atoms. The van der Waals surface area contributed by atoms with E-state index in [1.807, 2.05) is 0 Å². The Labute approximate surface area is 167 Å². The molecule has 2 aliphatic rings. The molecule has 26 heavy (non-hydrogen) atoms.